The Hall–Kier alpha value is -1.63. The van der Waals surface area contributed by atoms with Crippen LogP contribution < -0.4 is 16.8 Å². The van der Waals surface area contributed by atoms with Gasteiger partial charge in [-0.3, -0.25) is 4.79 Å². The molecular weight excluding hydrogens is 391 g/mol. The quantitative estimate of drug-likeness (QED) is 0.708. The van der Waals surface area contributed by atoms with Gasteiger partial charge in [-0.05, 0) is 37.8 Å². The molecule has 0 saturated heterocycles. The van der Waals surface area contributed by atoms with Crippen LogP contribution in [0.3, 0.4) is 0 Å². The van der Waals surface area contributed by atoms with Gasteiger partial charge in [-0.25, -0.2) is 4.99 Å². The molecule has 136 valence electrons. The smallest absolute Gasteiger partial charge is 0.257 e. The van der Waals surface area contributed by atoms with Gasteiger partial charge >= 0.3 is 0 Å². The van der Waals surface area contributed by atoms with Gasteiger partial charge in [0, 0.05) is 17.6 Å². The molecule has 0 spiro atoms. The highest BCUT2D eigenvalue weighted by atomic mass is 35.5. The molecule has 2 aliphatic heterocycles. The minimum Gasteiger partial charge on any atom is -0.397 e. The highest BCUT2D eigenvalue weighted by Crippen LogP contribution is 2.53. The van der Waals surface area contributed by atoms with Crippen LogP contribution in [0.2, 0.25) is 10.0 Å². The first kappa shape index (κ1) is 17.8. The number of thioether (sulfide) groups is 1. The van der Waals surface area contributed by atoms with Gasteiger partial charge in [0.1, 0.15) is 10.7 Å². The number of hydrogen-bond acceptors (Lipinski definition) is 5. The Morgan fingerprint density at radius 1 is 1.38 bits per heavy atom. The maximum atomic E-state index is 11.8. The molecule has 1 unspecified atom stereocenters. The largest absolute Gasteiger partial charge is 0.397 e. The lowest BCUT2D eigenvalue weighted by Crippen LogP contribution is -2.37. The molecule has 26 heavy (non-hydrogen) atoms. The first-order chi connectivity index (χ1) is 12.3. The molecule has 1 saturated carbocycles. The third kappa shape index (κ3) is 3.00. The van der Waals surface area contributed by atoms with Gasteiger partial charge in [0.15, 0.2) is 0 Å². The van der Waals surface area contributed by atoms with Crippen molar-refractivity contribution in [2.24, 2.45) is 22.4 Å². The van der Waals surface area contributed by atoms with E-state index in [1.165, 1.54) is 24.6 Å². The predicted molar refractivity (Wildman–Crippen MR) is 108 cm³/mol. The number of amidine groups is 1. The molecule has 0 radical (unpaired) electrons. The number of rotatable bonds is 4. The maximum absolute atomic E-state index is 11.8. The zero-order valence-corrected chi connectivity index (χ0v) is 16.4. The average molecular weight is 409 g/mol. The fourth-order valence-corrected chi connectivity index (χ4v) is 4.83. The summed E-state index contributed by atoms with van der Waals surface area (Å²) in [7, 11) is 0. The van der Waals surface area contributed by atoms with E-state index >= 15 is 0 Å². The van der Waals surface area contributed by atoms with Crippen molar-refractivity contribution in [3.05, 3.63) is 50.0 Å². The van der Waals surface area contributed by atoms with Crippen molar-refractivity contribution in [3.8, 4) is 0 Å². The maximum Gasteiger partial charge on any atom is 0.257 e. The Morgan fingerprint density at radius 3 is 2.73 bits per heavy atom. The number of amides is 1. The highest BCUT2D eigenvalue weighted by Gasteiger charge is 2.46. The molecule has 0 aromatic heterocycles. The number of nitrogens with zero attached hydrogens (tertiary/aromatic N) is 1. The minimum absolute atomic E-state index is 0.346. The fraction of sp³-hybridized carbons (Fsp3) is 0.333. The van der Waals surface area contributed by atoms with Crippen molar-refractivity contribution < 1.29 is 4.79 Å². The van der Waals surface area contributed by atoms with E-state index in [-0.39, 0.29) is 0 Å². The van der Waals surface area contributed by atoms with Gasteiger partial charge in [-0.1, -0.05) is 41.0 Å². The lowest BCUT2D eigenvalue weighted by atomic mass is 9.95. The van der Waals surface area contributed by atoms with E-state index in [1.807, 2.05) is 13.0 Å². The molecule has 5 N–H and O–H groups in total. The third-order valence-electron chi connectivity index (χ3n) is 4.76. The summed E-state index contributed by atoms with van der Waals surface area (Å²) in [5.41, 5.74) is 14.6. The molecule has 2 heterocycles. The van der Waals surface area contributed by atoms with E-state index in [0.29, 0.717) is 26.6 Å². The zero-order valence-electron chi connectivity index (χ0n) is 14.1. The number of nitrogens with two attached hydrogens (primary N) is 2. The van der Waals surface area contributed by atoms with Crippen LogP contribution in [0.15, 0.2) is 39.4 Å². The molecule has 1 aliphatic carbocycles. The second-order valence-corrected chi connectivity index (χ2v) is 9.12. The van der Waals surface area contributed by atoms with E-state index < -0.39 is 10.8 Å². The van der Waals surface area contributed by atoms with Crippen LogP contribution in [0.4, 0.5) is 0 Å². The first-order valence-corrected chi connectivity index (χ1v) is 9.90. The number of hydrogen-bond donors (Lipinski definition) is 3. The van der Waals surface area contributed by atoms with Crippen LogP contribution in [0.1, 0.15) is 31.7 Å². The standard InChI is InChI=1S/C18H18Cl2N4OS/c1-18-13(14(21)16(26-18)17(22)25)15(9-4-5-10(19)11(20)7-9)23-12(24-18)6-8-2-3-8/h4-5,7-8H,2-3,6,21H2,1H3,(H2,22,25)(H,23,24). The van der Waals surface area contributed by atoms with Gasteiger partial charge in [0.05, 0.1) is 26.3 Å². The van der Waals surface area contributed by atoms with Crippen molar-refractivity contribution in [3.63, 3.8) is 0 Å². The number of aliphatic imine (C=N–C) groups is 1. The van der Waals surface area contributed by atoms with Crippen LogP contribution in [-0.2, 0) is 4.79 Å². The number of halogens is 2. The molecule has 5 nitrogen and oxygen atoms in total. The van der Waals surface area contributed by atoms with Gasteiger partial charge in [-0.2, -0.15) is 0 Å². The Kier molecular flexibility index (Phi) is 4.25. The van der Waals surface area contributed by atoms with Crippen molar-refractivity contribution >= 4 is 52.4 Å². The molecular formula is C18H18Cl2N4OS. The molecule has 0 bridgehead atoms. The average Bonchev–Trinajstić information content (AvgIpc) is 3.33. The third-order valence-corrected chi connectivity index (χ3v) is 6.81. The summed E-state index contributed by atoms with van der Waals surface area (Å²) < 4.78 is 0. The minimum atomic E-state index is -0.689. The van der Waals surface area contributed by atoms with E-state index in [1.54, 1.807) is 12.1 Å². The van der Waals surface area contributed by atoms with Gasteiger partial charge in [0.2, 0.25) is 0 Å². The summed E-state index contributed by atoms with van der Waals surface area (Å²) in [4.78, 5) is 16.4. The van der Waals surface area contributed by atoms with Gasteiger partial charge in [-0.15, -0.1) is 0 Å². The van der Waals surface area contributed by atoms with Crippen molar-refractivity contribution in [1.29, 1.82) is 0 Å². The second kappa shape index (κ2) is 6.22. The van der Waals surface area contributed by atoms with Crippen molar-refractivity contribution in [2.45, 2.75) is 31.1 Å². The Balaban J connectivity index is 1.87. The summed E-state index contributed by atoms with van der Waals surface area (Å²) in [5, 5.41) is 4.36. The Morgan fingerprint density at radius 2 is 2.12 bits per heavy atom. The summed E-state index contributed by atoms with van der Waals surface area (Å²) in [6, 6.07) is 5.42. The van der Waals surface area contributed by atoms with Crippen LogP contribution in [0, 0.1) is 5.92 Å². The number of primary amides is 1. The monoisotopic (exact) mass is 408 g/mol. The van der Waals surface area contributed by atoms with E-state index in [4.69, 9.17) is 39.7 Å². The van der Waals surface area contributed by atoms with E-state index in [0.717, 1.165) is 29.1 Å². The number of fused-ring (bicyclic) bond motifs is 1. The molecule has 3 aliphatic rings. The van der Waals surface area contributed by atoms with Crippen LogP contribution in [0.25, 0.3) is 5.70 Å². The van der Waals surface area contributed by atoms with Crippen molar-refractivity contribution in [1.82, 2.24) is 5.32 Å². The first-order valence-electron chi connectivity index (χ1n) is 8.33. The van der Waals surface area contributed by atoms with E-state index in [9.17, 15) is 4.79 Å². The topological polar surface area (TPSA) is 93.5 Å². The van der Waals surface area contributed by atoms with Crippen LogP contribution in [0.5, 0.6) is 0 Å². The van der Waals surface area contributed by atoms with Crippen LogP contribution in [-0.4, -0.2) is 16.6 Å². The number of nitrogens with one attached hydrogen (secondary N) is 1. The fourth-order valence-electron chi connectivity index (χ4n) is 3.35. The summed E-state index contributed by atoms with van der Waals surface area (Å²) in [6.45, 7) is 1.96. The molecule has 1 atom stereocenters. The number of benzene rings is 1. The normalized spacial score (nSPS) is 25.1. The second-order valence-electron chi connectivity index (χ2n) is 6.90. The van der Waals surface area contributed by atoms with Gasteiger partial charge in [0.25, 0.3) is 5.91 Å². The molecule has 8 heteroatoms. The molecule has 1 fully saturated rings. The number of carbonyl (C=O) groups is 1. The lowest BCUT2D eigenvalue weighted by Gasteiger charge is -2.32. The predicted octanol–water partition coefficient (Wildman–Crippen LogP) is 3.62. The van der Waals surface area contributed by atoms with Crippen molar-refractivity contribution in [2.75, 3.05) is 0 Å². The van der Waals surface area contributed by atoms with Gasteiger partial charge < -0.3 is 16.8 Å². The zero-order chi connectivity index (χ0) is 18.6. The Bertz CT molecular complexity index is 920. The summed E-state index contributed by atoms with van der Waals surface area (Å²) in [5.74, 6) is 1.02. The summed E-state index contributed by atoms with van der Waals surface area (Å²) >= 11 is 13.6. The molecule has 4 rings (SSSR count). The SMILES string of the molecule is CC12N=C(CC3CC3)NC(c3ccc(Cl)c(Cl)c3)=C1C(N)=C(C(N)=O)S2. The van der Waals surface area contributed by atoms with Crippen LogP contribution >= 0.6 is 35.0 Å². The lowest BCUT2D eigenvalue weighted by molar-refractivity contribution is -0.113. The summed E-state index contributed by atoms with van der Waals surface area (Å²) in [6.07, 6.45) is 3.31. The highest BCUT2D eigenvalue weighted by molar-refractivity contribution is 8.05. The molecule has 1 aromatic carbocycles. The molecule has 1 aromatic rings. The number of carbonyl (C=O) groups excluding carboxylic acids is 1. The van der Waals surface area contributed by atoms with E-state index in [2.05, 4.69) is 5.32 Å². The Labute approximate surface area is 165 Å². The molecule has 1 amide bonds.